The van der Waals surface area contributed by atoms with Gasteiger partial charge in [-0.05, 0) is 31.5 Å². The first-order chi connectivity index (χ1) is 9.28. The predicted octanol–water partition coefficient (Wildman–Crippen LogP) is 2.82. The molecule has 5 heteroatoms. The van der Waals surface area contributed by atoms with Gasteiger partial charge in [-0.1, -0.05) is 0 Å². The summed E-state index contributed by atoms with van der Waals surface area (Å²) in [6, 6.07) is 3.83. The van der Waals surface area contributed by atoms with Crippen LogP contribution in [-0.2, 0) is 0 Å². The first-order valence-electron chi connectivity index (χ1n) is 6.27. The minimum atomic E-state index is 0.423. The first kappa shape index (κ1) is 11.9. The van der Waals surface area contributed by atoms with Crippen LogP contribution in [-0.4, -0.2) is 24.8 Å². The van der Waals surface area contributed by atoms with E-state index in [4.69, 9.17) is 18.6 Å². The third-order valence-corrected chi connectivity index (χ3v) is 2.89. The molecule has 0 unspecified atom stereocenters. The highest BCUT2D eigenvalue weighted by Gasteiger charge is 2.17. The number of oxazole rings is 1. The quantitative estimate of drug-likeness (QED) is 0.850. The molecule has 0 atom stereocenters. The van der Waals surface area contributed by atoms with Crippen molar-refractivity contribution in [2.75, 3.05) is 19.8 Å². The van der Waals surface area contributed by atoms with Crippen molar-refractivity contribution in [1.29, 1.82) is 0 Å². The largest absolute Gasteiger partial charge is 0.486 e. The van der Waals surface area contributed by atoms with Crippen molar-refractivity contribution in [3.8, 4) is 28.9 Å². The van der Waals surface area contributed by atoms with Crippen LogP contribution in [0, 0.1) is 6.92 Å². The Balaban J connectivity index is 1.99. The summed E-state index contributed by atoms with van der Waals surface area (Å²) in [5.74, 6) is 2.44. The second kappa shape index (κ2) is 4.84. The van der Waals surface area contributed by atoms with Crippen LogP contribution in [0.4, 0.5) is 0 Å². The number of benzene rings is 1. The van der Waals surface area contributed by atoms with Crippen molar-refractivity contribution in [3.63, 3.8) is 0 Å². The fourth-order valence-corrected chi connectivity index (χ4v) is 2.01. The van der Waals surface area contributed by atoms with E-state index in [1.165, 1.54) is 0 Å². The van der Waals surface area contributed by atoms with Gasteiger partial charge in [0, 0.05) is 5.56 Å². The summed E-state index contributed by atoms with van der Waals surface area (Å²) in [6.07, 6.45) is 1.58. The number of hydrogen-bond donors (Lipinski definition) is 0. The van der Waals surface area contributed by atoms with Crippen molar-refractivity contribution < 1.29 is 18.6 Å². The topological polar surface area (TPSA) is 53.7 Å². The molecule has 3 rings (SSSR count). The molecule has 5 nitrogen and oxygen atoms in total. The molecule has 1 aromatic carbocycles. The van der Waals surface area contributed by atoms with E-state index in [1.807, 2.05) is 26.0 Å². The van der Waals surface area contributed by atoms with Crippen LogP contribution in [0.3, 0.4) is 0 Å². The molecule has 2 aromatic rings. The van der Waals surface area contributed by atoms with Gasteiger partial charge in [0.1, 0.15) is 19.4 Å². The normalized spacial score (nSPS) is 13.4. The maximum Gasteiger partial charge on any atom is 0.305 e. The predicted molar refractivity (Wildman–Crippen MR) is 68.8 cm³/mol. The van der Waals surface area contributed by atoms with E-state index in [0.29, 0.717) is 31.7 Å². The molecule has 1 aromatic heterocycles. The lowest BCUT2D eigenvalue weighted by molar-refractivity contribution is 0.171. The van der Waals surface area contributed by atoms with Gasteiger partial charge in [0.25, 0.3) is 0 Å². The molecule has 19 heavy (non-hydrogen) atoms. The zero-order chi connectivity index (χ0) is 13.2. The fourth-order valence-electron chi connectivity index (χ4n) is 2.01. The second-order valence-electron chi connectivity index (χ2n) is 4.23. The van der Waals surface area contributed by atoms with Crippen molar-refractivity contribution in [1.82, 2.24) is 4.98 Å². The first-order valence-corrected chi connectivity index (χ1v) is 6.27. The Hall–Kier alpha value is -2.17. The Bertz CT molecular complexity index is 591. The smallest absolute Gasteiger partial charge is 0.305 e. The van der Waals surface area contributed by atoms with Crippen LogP contribution in [0.25, 0.3) is 11.5 Å². The summed E-state index contributed by atoms with van der Waals surface area (Å²) in [4.78, 5) is 4.23. The van der Waals surface area contributed by atoms with E-state index in [-0.39, 0.29) is 0 Å². The van der Waals surface area contributed by atoms with Gasteiger partial charge in [0.05, 0.1) is 6.61 Å². The van der Waals surface area contributed by atoms with E-state index in [2.05, 4.69) is 4.98 Å². The summed E-state index contributed by atoms with van der Waals surface area (Å²) in [7, 11) is 0. The fraction of sp³-hybridized carbons (Fsp3) is 0.357. The van der Waals surface area contributed by atoms with Crippen LogP contribution < -0.4 is 14.2 Å². The Morgan fingerprint density at radius 3 is 2.68 bits per heavy atom. The SMILES string of the molecule is CCOc1cnc(-c2cc3c(cc2C)OCCO3)o1. The van der Waals surface area contributed by atoms with Crippen LogP contribution in [0.1, 0.15) is 12.5 Å². The van der Waals surface area contributed by atoms with E-state index >= 15 is 0 Å². The van der Waals surface area contributed by atoms with Crippen LogP contribution in [0.2, 0.25) is 0 Å². The summed E-state index contributed by atoms with van der Waals surface area (Å²) in [6.45, 7) is 5.58. The highest BCUT2D eigenvalue weighted by atomic mass is 16.6. The van der Waals surface area contributed by atoms with Crippen molar-refractivity contribution in [3.05, 3.63) is 23.9 Å². The lowest BCUT2D eigenvalue weighted by Gasteiger charge is -2.19. The molecule has 2 heterocycles. The van der Waals surface area contributed by atoms with E-state index in [9.17, 15) is 0 Å². The van der Waals surface area contributed by atoms with Crippen molar-refractivity contribution in [2.45, 2.75) is 13.8 Å². The Morgan fingerprint density at radius 2 is 1.95 bits per heavy atom. The molecule has 1 aliphatic rings. The number of rotatable bonds is 3. The van der Waals surface area contributed by atoms with Crippen molar-refractivity contribution >= 4 is 0 Å². The molecule has 0 bridgehead atoms. The van der Waals surface area contributed by atoms with Gasteiger partial charge in [0.15, 0.2) is 11.5 Å². The van der Waals surface area contributed by atoms with Crippen LogP contribution in [0.15, 0.2) is 22.7 Å². The van der Waals surface area contributed by atoms with E-state index < -0.39 is 0 Å². The van der Waals surface area contributed by atoms with Gasteiger partial charge in [-0.15, -0.1) is 0 Å². The summed E-state index contributed by atoms with van der Waals surface area (Å²) in [5.41, 5.74) is 1.91. The maximum atomic E-state index is 5.57. The lowest BCUT2D eigenvalue weighted by Crippen LogP contribution is -2.15. The Morgan fingerprint density at radius 1 is 1.21 bits per heavy atom. The highest BCUT2D eigenvalue weighted by Crippen LogP contribution is 2.37. The number of ether oxygens (including phenoxy) is 3. The number of fused-ring (bicyclic) bond motifs is 1. The van der Waals surface area contributed by atoms with Gasteiger partial charge in [-0.2, -0.15) is 0 Å². The van der Waals surface area contributed by atoms with E-state index in [0.717, 1.165) is 22.6 Å². The molecule has 0 N–H and O–H groups in total. The Labute approximate surface area is 111 Å². The standard InChI is InChI=1S/C14H15NO4/c1-3-16-13-8-15-14(19-13)10-7-12-11(6-9(10)2)17-4-5-18-12/h6-8H,3-5H2,1-2H3. The van der Waals surface area contributed by atoms with Crippen LogP contribution >= 0.6 is 0 Å². The summed E-state index contributed by atoms with van der Waals surface area (Å²) >= 11 is 0. The lowest BCUT2D eigenvalue weighted by atomic mass is 10.1. The molecule has 0 fully saturated rings. The van der Waals surface area contributed by atoms with Crippen molar-refractivity contribution in [2.24, 2.45) is 0 Å². The number of aromatic nitrogens is 1. The van der Waals surface area contributed by atoms with Gasteiger partial charge in [-0.3, -0.25) is 0 Å². The van der Waals surface area contributed by atoms with Gasteiger partial charge in [0.2, 0.25) is 5.89 Å². The number of nitrogens with zero attached hydrogens (tertiary/aromatic N) is 1. The minimum Gasteiger partial charge on any atom is -0.486 e. The molecular formula is C14H15NO4. The molecular weight excluding hydrogens is 246 g/mol. The summed E-state index contributed by atoms with van der Waals surface area (Å²) < 4.78 is 21.9. The second-order valence-corrected chi connectivity index (χ2v) is 4.23. The molecule has 0 amide bonds. The van der Waals surface area contributed by atoms with E-state index in [1.54, 1.807) is 6.20 Å². The van der Waals surface area contributed by atoms with Crippen LogP contribution in [0.5, 0.6) is 17.4 Å². The molecule has 0 aliphatic carbocycles. The summed E-state index contributed by atoms with van der Waals surface area (Å²) in [5, 5.41) is 0. The average molecular weight is 261 g/mol. The minimum absolute atomic E-state index is 0.423. The zero-order valence-corrected chi connectivity index (χ0v) is 10.9. The Kier molecular flexibility index (Phi) is 3.03. The number of aryl methyl sites for hydroxylation is 1. The average Bonchev–Trinajstić information content (AvgIpc) is 2.87. The molecule has 100 valence electrons. The zero-order valence-electron chi connectivity index (χ0n) is 10.9. The monoisotopic (exact) mass is 261 g/mol. The highest BCUT2D eigenvalue weighted by molar-refractivity contribution is 5.65. The molecule has 0 radical (unpaired) electrons. The molecule has 1 aliphatic heterocycles. The molecule has 0 spiro atoms. The van der Waals surface area contributed by atoms with Gasteiger partial charge >= 0.3 is 5.95 Å². The number of hydrogen-bond acceptors (Lipinski definition) is 5. The third kappa shape index (κ3) is 2.23. The van der Waals surface area contributed by atoms with Gasteiger partial charge < -0.3 is 18.6 Å². The maximum absolute atomic E-state index is 5.57. The molecule has 0 saturated heterocycles. The molecule has 0 saturated carbocycles. The van der Waals surface area contributed by atoms with Gasteiger partial charge in [-0.25, -0.2) is 4.98 Å². The third-order valence-electron chi connectivity index (χ3n) is 2.89.